The average Bonchev–Trinajstić information content (AvgIpc) is 2.83. The first-order chi connectivity index (χ1) is 16.1. The molecule has 0 unspecified atom stereocenters. The van der Waals surface area contributed by atoms with Gasteiger partial charge in [0.05, 0.1) is 12.8 Å². The number of nitrogens with one attached hydrogen (secondary N) is 1. The van der Waals surface area contributed by atoms with E-state index in [1.54, 1.807) is 48.5 Å². The molecule has 33 heavy (non-hydrogen) atoms. The molecule has 170 valence electrons. The van der Waals surface area contributed by atoms with Crippen LogP contribution in [-0.2, 0) is 6.61 Å². The van der Waals surface area contributed by atoms with Crippen LogP contribution in [0.5, 0.6) is 17.2 Å². The summed E-state index contributed by atoms with van der Waals surface area (Å²) in [6.07, 6.45) is 3.12. The van der Waals surface area contributed by atoms with Gasteiger partial charge in [-0.05, 0) is 55.0 Å². The Bertz CT molecular complexity index is 1130. The molecule has 0 fully saturated rings. The quantitative estimate of drug-likeness (QED) is 0.251. The smallest absolute Gasteiger partial charge is 0.271 e. The third-order valence-corrected chi connectivity index (χ3v) is 4.43. The standard InChI is InChI=1S/C26H25FN2O4/c1-3-14-32-24-13-12-20(16-25(24)31-4-2)26(30)29-28-17-21-9-5-6-11-23(21)33-18-19-8-7-10-22(27)15-19/h3,5-13,15-17H,1,4,14,18H2,2H3,(H,29,30)/b28-17+. The lowest BCUT2D eigenvalue weighted by Gasteiger charge is -2.12. The Morgan fingerprint density at radius 2 is 1.85 bits per heavy atom. The van der Waals surface area contributed by atoms with Crippen molar-refractivity contribution in [1.82, 2.24) is 5.43 Å². The molecule has 0 aliphatic carbocycles. The van der Waals surface area contributed by atoms with Crippen molar-refractivity contribution >= 4 is 12.1 Å². The fourth-order valence-electron chi connectivity index (χ4n) is 2.92. The van der Waals surface area contributed by atoms with Crippen LogP contribution in [0.1, 0.15) is 28.4 Å². The third kappa shape index (κ3) is 6.93. The highest BCUT2D eigenvalue weighted by Gasteiger charge is 2.11. The number of ether oxygens (including phenoxy) is 3. The molecule has 0 radical (unpaired) electrons. The minimum Gasteiger partial charge on any atom is -0.490 e. The Kier molecular flexibility index (Phi) is 8.59. The summed E-state index contributed by atoms with van der Waals surface area (Å²) < 4.78 is 30.3. The molecule has 3 aromatic carbocycles. The molecule has 0 saturated heterocycles. The Labute approximate surface area is 192 Å². The first kappa shape index (κ1) is 23.5. The zero-order valence-corrected chi connectivity index (χ0v) is 18.3. The number of amides is 1. The average molecular weight is 448 g/mol. The number of halogens is 1. The van der Waals surface area contributed by atoms with E-state index in [0.717, 1.165) is 0 Å². The number of hydrazone groups is 1. The van der Waals surface area contributed by atoms with Gasteiger partial charge in [-0.15, -0.1) is 0 Å². The van der Waals surface area contributed by atoms with Crippen molar-refractivity contribution in [2.24, 2.45) is 5.10 Å². The first-order valence-electron chi connectivity index (χ1n) is 10.4. The van der Waals surface area contributed by atoms with E-state index in [9.17, 15) is 9.18 Å². The lowest BCUT2D eigenvalue weighted by atomic mass is 10.2. The number of hydrogen-bond acceptors (Lipinski definition) is 5. The maximum absolute atomic E-state index is 13.4. The number of carbonyl (C=O) groups excluding carboxylic acids is 1. The summed E-state index contributed by atoms with van der Waals surface area (Å²) in [6.45, 7) is 6.44. The molecule has 0 heterocycles. The number of hydrogen-bond donors (Lipinski definition) is 1. The van der Waals surface area contributed by atoms with Gasteiger partial charge in [-0.2, -0.15) is 5.10 Å². The first-order valence-corrected chi connectivity index (χ1v) is 10.4. The molecular weight excluding hydrogens is 423 g/mol. The Hall–Kier alpha value is -4.13. The summed E-state index contributed by atoms with van der Waals surface area (Å²) in [5.74, 6) is 0.831. The van der Waals surface area contributed by atoms with Crippen molar-refractivity contribution in [1.29, 1.82) is 0 Å². The molecule has 6 nitrogen and oxygen atoms in total. The topological polar surface area (TPSA) is 69.2 Å². The monoisotopic (exact) mass is 448 g/mol. The van der Waals surface area contributed by atoms with E-state index in [2.05, 4.69) is 17.1 Å². The number of para-hydroxylation sites is 1. The summed E-state index contributed by atoms with van der Waals surface area (Å²) in [5, 5.41) is 4.05. The van der Waals surface area contributed by atoms with Gasteiger partial charge in [-0.3, -0.25) is 4.79 Å². The lowest BCUT2D eigenvalue weighted by Crippen LogP contribution is -2.18. The second-order valence-corrected chi connectivity index (χ2v) is 6.85. The maximum atomic E-state index is 13.4. The van der Waals surface area contributed by atoms with Gasteiger partial charge in [-0.1, -0.05) is 36.9 Å². The second kappa shape index (κ2) is 12.0. The highest BCUT2D eigenvalue weighted by atomic mass is 19.1. The number of benzene rings is 3. The molecule has 3 rings (SSSR count). The van der Waals surface area contributed by atoms with E-state index in [4.69, 9.17) is 14.2 Å². The summed E-state index contributed by atoms with van der Waals surface area (Å²) in [4.78, 5) is 12.5. The van der Waals surface area contributed by atoms with Crippen LogP contribution < -0.4 is 19.6 Å². The highest BCUT2D eigenvalue weighted by molar-refractivity contribution is 5.95. The van der Waals surface area contributed by atoms with Gasteiger partial charge < -0.3 is 14.2 Å². The van der Waals surface area contributed by atoms with Crippen LogP contribution in [0, 0.1) is 5.82 Å². The van der Waals surface area contributed by atoms with Crippen molar-refractivity contribution in [2.75, 3.05) is 13.2 Å². The van der Waals surface area contributed by atoms with Crippen molar-refractivity contribution in [3.8, 4) is 17.2 Å². The van der Waals surface area contributed by atoms with Gasteiger partial charge in [0.25, 0.3) is 5.91 Å². The number of nitrogens with zero attached hydrogens (tertiary/aromatic N) is 1. The van der Waals surface area contributed by atoms with Gasteiger partial charge in [0, 0.05) is 11.1 Å². The van der Waals surface area contributed by atoms with E-state index in [1.807, 2.05) is 19.1 Å². The molecule has 1 amide bonds. The zero-order chi connectivity index (χ0) is 23.5. The predicted molar refractivity (Wildman–Crippen MR) is 126 cm³/mol. The number of carbonyl (C=O) groups is 1. The van der Waals surface area contributed by atoms with Crippen LogP contribution in [0.2, 0.25) is 0 Å². The second-order valence-electron chi connectivity index (χ2n) is 6.85. The van der Waals surface area contributed by atoms with Gasteiger partial charge in [0.15, 0.2) is 11.5 Å². The molecule has 3 aromatic rings. The Morgan fingerprint density at radius 1 is 1.00 bits per heavy atom. The molecule has 0 aliphatic heterocycles. The molecule has 0 aliphatic rings. The van der Waals surface area contributed by atoms with Gasteiger partial charge in [0.1, 0.15) is 24.8 Å². The molecule has 0 aromatic heterocycles. The zero-order valence-electron chi connectivity index (χ0n) is 18.3. The summed E-state index contributed by atoms with van der Waals surface area (Å²) >= 11 is 0. The Morgan fingerprint density at radius 3 is 2.64 bits per heavy atom. The van der Waals surface area contributed by atoms with E-state index in [0.29, 0.717) is 47.2 Å². The van der Waals surface area contributed by atoms with Crippen LogP contribution in [0.15, 0.2) is 84.5 Å². The van der Waals surface area contributed by atoms with Gasteiger partial charge >= 0.3 is 0 Å². The van der Waals surface area contributed by atoms with Crippen LogP contribution in [-0.4, -0.2) is 25.3 Å². The molecule has 0 spiro atoms. The fourth-order valence-corrected chi connectivity index (χ4v) is 2.92. The summed E-state index contributed by atoms with van der Waals surface area (Å²) in [7, 11) is 0. The van der Waals surface area contributed by atoms with Crippen molar-refractivity contribution < 1.29 is 23.4 Å². The van der Waals surface area contributed by atoms with Crippen molar-refractivity contribution in [3.63, 3.8) is 0 Å². The molecule has 1 N–H and O–H groups in total. The van der Waals surface area contributed by atoms with Gasteiger partial charge in [-0.25, -0.2) is 9.82 Å². The summed E-state index contributed by atoms with van der Waals surface area (Å²) in [6, 6.07) is 18.3. The maximum Gasteiger partial charge on any atom is 0.271 e. The summed E-state index contributed by atoms with van der Waals surface area (Å²) in [5.41, 5.74) is 4.25. The molecule has 7 heteroatoms. The molecular formula is C26H25FN2O4. The molecule has 0 bridgehead atoms. The molecule has 0 atom stereocenters. The number of rotatable bonds is 11. The Balaban J connectivity index is 1.65. The fraction of sp³-hybridized carbons (Fsp3) is 0.154. The normalized spacial score (nSPS) is 10.6. The van der Waals surface area contributed by atoms with Crippen LogP contribution >= 0.6 is 0 Å². The van der Waals surface area contributed by atoms with E-state index < -0.39 is 5.91 Å². The third-order valence-electron chi connectivity index (χ3n) is 4.43. The van der Waals surface area contributed by atoms with Crippen LogP contribution in [0.3, 0.4) is 0 Å². The van der Waals surface area contributed by atoms with E-state index in [-0.39, 0.29) is 12.4 Å². The predicted octanol–water partition coefficient (Wildman–Crippen LogP) is 5.13. The minimum absolute atomic E-state index is 0.204. The lowest BCUT2D eigenvalue weighted by molar-refractivity contribution is 0.0954. The largest absolute Gasteiger partial charge is 0.490 e. The molecule has 0 saturated carbocycles. The van der Waals surface area contributed by atoms with Crippen LogP contribution in [0.4, 0.5) is 4.39 Å². The van der Waals surface area contributed by atoms with Crippen molar-refractivity contribution in [3.05, 3.63) is 102 Å². The SMILES string of the molecule is C=CCOc1ccc(C(=O)N/N=C/c2ccccc2OCc2cccc(F)c2)cc1OCC. The van der Waals surface area contributed by atoms with Gasteiger partial charge in [0.2, 0.25) is 0 Å². The minimum atomic E-state index is -0.402. The van der Waals surface area contributed by atoms with Crippen LogP contribution in [0.25, 0.3) is 0 Å². The van der Waals surface area contributed by atoms with Crippen molar-refractivity contribution in [2.45, 2.75) is 13.5 Å². The van der Waals surface area contributed by atoms with E-state index >= 15 is 0 Å². The highest BCUT2D eigenvalue weighted by Crippen LogP contribution is 2.28. The van der Waals surface area contributed by atoms with E-state index in [1.165, 1.54) is 18.3 Å².